The summed E-state index contributed by atoms with van der Waals surface area (Å²) in [5.74, 6) is 0.744. The van der Waals surface area contributed by atoms with Crippen molar-refractivity contribution in [3.8, 4) is 17.1 Å². The highest BCUT2D eigenvalue weighted by Gasteiger charge is 2.28. The third-order valence-corrected chi connectivity index (χ3v) is 3.58. The van der Waals surface area contributed by atoms with Gasteiger partial charge in [-0.2, -0.15) is 0 Å². The minimum Gasteiger partial charge on any atom is -0.497 e. The molecule has 120 valence electrons. The number of carbonyl (C=O) groups excluding carboxylic acids is 2. The zero-order valence-corrected chi connectivity index (χ0v) is 12.6. The first-order chi connectivity index (χ1) is 11.2. The lowest BCUT2D eigenvalue weighted by Crippen LogP contribution is -2.34. The molecule has 1 N–H and O–H groups in total. The van der Waals surface area contributed by atoms with E-state index in [0.717, 1.165) is 11.3 Å². The molecule has 7 heteroatoms. The fourth-order valence-electron chi connectivity index (χ4n) is 2.31. The van der Waals surface area contributed by atoms with Gasteiger partial charge in [0.2, 0.25) is 5.91 Å². The Balaban J connectivity index is 1.58. The van der Waals surface area contributed by atoms with Gasteiger partial charge in [-0.25, -0.2) is 4.79 Å². The number of esters is 1. The van der Waals surface area contributed by atoms with Crippen LogP contribution < -0.4 is 10.1 Å². The molecule has 0 aliphatic carbocycles. The van der Waals surface area contributed by atoms with Crippen LogP contribution >= 0.6 is 0 Å². The Bertz CT molecular complexity index is 708. The van der Waals surface area contributed by atoms with E-state index in [-0.39, 0.29) is 12.5 Å². The number of methoxy groups -OCH3 is 1. The van der Waals surface area contributed by atoms with Crippen molar-refractivity contribution in [2.75, 3.05) is 7.11 Å². The number of nitrogens with one attached hydrogen (secondary N) is 1. The summed E-state index contributed by atoms with van der Waals surface area (Å²) >= 11 is 0. The number of amides is 1. The van der Waals surface area contributed by atoms with Gasteiger partial charge in [0.1, 0.15) is 24.1 Å². The molecular formula is C16H16N2O5. The molecule has 0 spiro atoms. The van der Waals surface area contributed by atoms with Crippen LogP contribution in [-0.4, -0.2) is 30.2 Å². The number of hydrogen-bond acceptors (Lipinski definition) is 6. The predicted molar refractivity (Wildman–Crippen MR) is 79.5 cm³/mol. The quantitative estimate of drug-likeness (QED) is 0.844. The van der Waals surface area contributed by atoms with Crippen LogP contribution in [0.3, 0.4) is 0 Å². The van der Waals surface area contributed by atoms with Crippen LogP contribution in [0.1, 0.15) is 18.5 Å². The van der Waals surface area contributed by atoms with Crippen LogP contribution in [0.2, 0.25) is 0 Å². The molecule has 1 aliphatic rings. The number of nitrogens with zero attached hydrogens (tertiary/aromatic N) is 1. The van der Waals surface area contributed by atoms with Crippen LogP contribution in [0.25, 0.3) is 11.3 Å². The first-order valence-corrected chi connectivity index (χ1v) is 7.22. The number of ether oxygens (including phenoxy) is 2. The lowest BCUT2D eigenvalue weighted by molar-refractivity contribution is -0.147. The number of benzene rings is 1. The molecule has 1 amide bonds. The molecule has 3 rings (SSSR count). The van der Waals surface area contributed by atoms with E-state index in [1.54, 1.807) is 13.2 Å². The molecule has 0 bridgehead atoms. The maximum Gasteiger partial charge on any atom is 0.329 e. The standard InChI is InChI=1S/C16H16N2O5/c1-21-12-4-2-10(3-5-12)14-8-11(18-23-14)9-22-16(20)13-6-7-15(19)17-13/h2-5,8,13H,6-7,9H2,1H3,(H,17,19). The van der Waals surface area contributed by atoms with Gasteiger partial charge >= 0.3 is 5.97 Å². The monoisotopic (exact) mass is 316 g/mol. The number of hydrogen-bond donors (Lipinski definition) is 1. The maximum absolute atomic E-state index is 11.8. The van der Waals surface area contributed by atoms with Crippen molar-refractivity contribution in [1.29, 1.82) is 0 Å². The first-order valence-electron chi connectivity index (χ1n) is 7.22. The Morgan fingerprint density at radius 1 is 1.39 bits per heavy atom. The van der Waals surface area contributed by atoms with Crippen LogP contribution in [0.15, 0.2) is 34.9 Å². The molecule has 1 fully saturated rings. The number of rotatable bonds is 5. The van der Waals surface area contributed by atoms with Gasteiger partial charge in [-0.15, -0.1) is 0 Å². The van der Waals surface area contributed by atoms with Gasteiger partial charge < -0.3 is 19.3 Å². The summed E-state index contributed by atoms with van der Waals surface area (Å²) < 4.78 is 15.5. The molecular weight excluding hydrogens is 300 g/mol. The van der Waals surface area contributed by atoms with Crippen LogP contribution in [0, 0.1) is 0 Å². The van der Waals surface area contributed by atoms with Crippen molar-refractivity contribution < 1.29 is 23.6 Å². The van der Waals surface area contributed by atoms with Crippen molar-refractivity contribution >= 4 is 11.9 Å². The van der Waals surface area contributed by atoms with Gasteiger partial charge in [-0.1, -0.05) is 5.16 Å². The smallest absolute Gasteiger partial charge is 0.329 e. The molecule has 1 unspecified atom stereocenters. The molecule has 23 heavy (non-hydrogen) atoms. The summed E-state index contributed by atoms with van der Waals surface area (Å²) in [6.45, 7) is 0.00482. The van der Waals surface area contributed by atoms with E-state index < -0.39 is 12.0 Å². The Kier molecular flexibility index (Phi) is 4.27. The maximum atomic E-state index is 11.8. The second-order valence-corrected chi connectivity index (χ2v) is 5.18. The van der Waals surface area contributed by atoms with Gasteiger partial charge in [0, 0.05) is 18.1 Å². The average molecular weight is 316 g/mol. The van der Waals surface area contributed by atoms with E-state index in [1.807, 2.05) is 24.3 Å². The second-order valence-electron chi connectivity index (χ2n) is 5.18. The summed E-state index contributed by atoms with van der Waals surface area (Å²) in [5.41, 5.74) is 1.35. The molecule has 1 aromatic heterocycles. The number of carbonyl (C=O) groups is 2. The fourth-order valence-corrected chi connectivity index (χ4v) is 2.31. The van der Waals surface area contributed by atoms with Gasteiger partial charge in [0.25, 0.3) is 0 Å². The van der Waals surface area contributed by atoms with Crippen molar-refractivity contribution in [3.05, 3.63) is 36.0 Å². The van der Waals surface area contributed by atoms with E-state index in [9.17, 15) is 9.59 Å². The van der Waals surface area contributed by atoms with E-state index >= 15 is 0 Å². The fraction of sp³-hybridized carbons (Fsp3) is 0.312. The molecule has 2 aromatic rings. The van der Waals surface area contributed by atoms with Gasteiger partial charge in [-0.05, 0) is 30.7 Å². The largest absolute Gasteiger partial charge is 0.497 e. The summed E-state index contributed by atoms with van der Waals surface area (Å²) in [7, 11) is 1.60. The summed E-state index contributed by atoms with van der Waals surface area (Å²) in [4.78, 5) is 22.9. The lowest BCUT2D eigenvalue weighted by Gasteiger charge is -2.08. The van der Waals surface area contributed by atoms with Crippen LogP contribution in [-0.2, 0) is 20.9 Å². The summed E-state index contributed by atoms with van der Waals surface area (Å²) in [5, 5.41) is 6.44. The molecule has 1 atom stereocenters. The van der Waals surface area contributed by atoms with Crippen molar-refractivity contribution in [3.63, 3.8) is 0 Å². The highest BCUT2D eigenvalue weighted by Crippen LogP contribution is 2.23. The highest BCUT2D eigenvalue weighted by molar-refractivity contribution is 5.88. The molecule has 0 saturated carbocycles. The van der Waals surface area contributed by atoms with Crippen molar-refractivity contribution in [2.45, 2.75) is 25.5 Å². The van der Waals surface area contributed by atoms with Crippen molar-refractivity contribution in [2.24, 2.45) is 0 Å². The third-order valence-electron chi connectivity index (χ3n) is 3.58. The van der Waals surface area contributed by atoms with E-state index in [0.29, 0.717) is 24.3 Å². The molecule has 1 saturated heterocycles. The minimum absolute atomic E-state index is 0.00482. The molecule has 1 aliphatic heterocycles. The van der Waals surface area contributed by atoms with Crippen LogP contribution in [0.5, 0.6) is 5.75 Å². The Morgan fingerprint density at radius 2 is 2.17 bits per heavy atom. The Morgan fingerprint density at radius 3 is 2.83 bits per heavy atom. The predicted octanol–water partition coefficient (Wildman–Crippen LogP) is 1.67. The van der Waals surface area contributed by atoms with Crippen LogP contribution in [0.4, 0.5) is 0 Å². The highest BCUT2D eigenvalue weighted by atomic mass is 16.5. The van der Waals surface area contributed by atoms with E-state index in [4.69, 9.17) is 14.0 Å². The normalized spacial score (nSPS) is 16.9. The zero-order valence-electron chi connectivity index (χ0n) is 12.6. The second kappa shape index (κ2) is 6.51. The third kappa shape index (κ3) is 3.50. The average Bonchev–Trinajstić information content (AvgIpc) is 3.22. The first kappa shape index (κ1) is 15.1. The topological polar surface area (TPSA) is 90.7 Å². The Labute approximate surface area is 132 Å². The van der Waals surface area contributed by atoms with Crippen molar-refractivity contribution in [1.82, 2.24) is 10.5 Å². The zero-order chi connectivity index (χ0) is 16.2. The molecule has 1 aromatic carbocycles. The molecule has 7 nitrogen and oxygen atoms in total. The summed E-state index contributed by atoms with van der Waals surface area (Å²) in [6, 6.07) is 8.49. The Hall–Kier alpha value is -2.83. The van der Waals surface area contributed by atoms with E-state index in [2.05, 4.69) is 10.5 Å². The SMILES string of the molecule is COc1ccc(-c2cc(COC(=O)C3CCC(=O)N3)no2)cc1. The van der Waals surface area contributed by atoms with Gasteiger partial charge in [0.05, 0.1) is 7.11 Å². The van der Waals surface area contributed by atoms with Gasteiger partial charge in [0.15, 0.2) is 5.76 Å². The van der Waals surface area contributed by atoms with Gasteiger partial charge in [-0.3, -0.25) is 4.79 Å². The van der Waals surface area contributed by atoms with E-state index in [1.165, 1.54) is 0 Å². The molecule has 0 radical (unpaired) electrons. The summed E-state index contributed by atoms with van der Waals surface area (Å²) in [6.07, 6.45) is 0.818. The molecule has 2 heterocycles. The minimum atomic E-state index is -0.560. The lowest BCUT2D eigenvalue weighted by atomic mass is 10.1. The number of aromatic nitrogens is 1.